The second kappa shape index (κ2) is 42.0. The lowest BCUT2D eigenvalue weighted by molar-refractivity contribution is -0.144. The first-order valence-corrected chi connectivity index (χ1v) is 36.6. The number of nitrogens with two attached hydrogens (primary N) is 1. The molecular formula is C77H100N18O16. The molecule has 13 amide bonds. The third kappa shape index (κ3) is 27.2. The Labute approximate surface area is 641 Å². The number of nitrogen functional groups attached to an aromatic ring is 1. The van der Waals surface area contributed by atoms with E-state index < -0.39 is 144 Å². The maximum absolute atomic E-state index is 15.3. The first-order chi connectivity index (χ1) is 52.8. The second-order valence-corrected chi connectivity index (χ2v) is 28.0. The second-order valence-electron chi connectivity index (χ2n) is 28.0. The van der Waals surface area contributed by atoms with Gasteiger partial charge in [-0.05, 0) is 121 Å². The summed E-state index contributed by atoms with van der Waals surface area (Å²) >= 11 is 0. The van der Waals surface area contributed by atoms with Crippen LogP contribution in [0.2, 0.25) is 0 Å². The van der Waals surface area contributed by atoms with Crippen LogP contribution >= 0.6 is 0 Å². The topological polar surface area (TPSA) is 507 Å². The first-order valence-electron chi connectivity index (χ1n) is 36.6. The number of amides is 13. The SMILES string of the molecule is CC(=O)Nc1ccc(C[C@H](NC(=O)[C@H](CO)NC(=O)[C@@H](Cc2cccnc2)NC(=O)[C@H](NC(=O)c2cn[nH]c2N)NC(=O)[C@@H](Cc2ccc3ccccc3c2)NC(C)=O)C(=O)N[C@H](Cc2ccc(NC(C)=O)cc2)C(=O)N[C@@H](CC(C)C)C(=O)N[C@@H](CCCCNC(C)C)C(=O)N2CCC[C@H]2C(=O)N[C@H](C)C(=O)O)cc1. The lowest BCUT2D eigenvalue weighted by Crippen LogP contribution is -2.64. The molecule has 0 unspecified atom stereocenters. The number of hydrogen-bond acceptors (Lipinski definition) is 19. The highest BCUT2D eigenvalue weighted by Gasteiger charge is 2.41. The minimum absolute atomic E-state index is 0.0120. The Hall–Kier alpha value is -12.2. The lowest BCUT2D eigenvalue weighted by atomic mass is 9.99. The molecule has 1 saturated heterocycles. The molecule has 10 atom stereocenters. The summed E-state index contributed by atoms with van der Waals surface area (Å²) in [5.41, 5.74) is 8.22. The van der Waals surface area contributed by atoms with E-state index in [1.54, 1.807) is 50.2 Å². The van der Waals surface area contributed by atoms with E-state index in [1.807, 2.05) is 50.2 Å². The van der Waals surface area contributed by atoms with E-state index in [4.69, 9.17) is 5.73 Å². The number of nitrogens with zero attached hydrogens (tertiary/aromatic N) is 3. The summed E-state index contributed by atoms with van der Waals surface area (Å²) < 4.78 is 0. The van der Waals surface area contributed by atoms with Crippen LogP contribution in [-0.2, 0) is 88.0 Å². The van der Waals surface area contributed by atoms with Crippen LogP contribution in [-0.4, -0.2) is 199 Å². The summed E-state index contributed by atoms with van der Waals surface area (Å²) in [5.74, 6) is -12.7. The normalized spacial score (nSPS) is 14.9. The van der Waals surface area contributed by atoms with Gasteiger partial charge >= 0.3 is 5.97 Å². The van der Waals surface area contributed by atoms with Gasteiger partial charge in [0.15, 0.2) is 6.17 Å². The highest BCUT2D eigenvalue weighted by atomic mass is 16.4. The summed E-state index contributed by atoms with van der Waals surface area (Å²) in [6.45, 7) is 12.2. The Bertz CT molecular complexity index is 4270. The van der Waals surface area contributed by atoms with Crippen molar-refractivity contribution in [3.63, 3.8) is 0 Å². The Balaban J connectivity index is 1.18. The van der Waals surface area contributed by atoms with Crippen molar-refractivity contribution >= 4 is 111 Å². The minimum Gasteiger partial charge on any atom is -0.480 e. The average Bonchev–Trinajstić information content (AvgIpc) is 1.73. The van der Waals surface area contributed by atoms with Crippen LogP contribution in [0.1, 0.15) is 127 Å². The average molecular weight is 1530 g/mol. The van der Waals surface area contributed by atoms with Crippen LogP contribution in [0, 0.1) is 5.92 Å². The number of unbranched alkanes of at least 4 members (excludes halogenated alkanes) is 1. The minimum atomic E-state index is -2.04. The van der Waals surface area contributed by atoms with Gasteiger partial charge in [0.05, 0.1) is 12.8 Å². The number of fused-ring (bicyclic) bond motifs is 1. The summed E-state index contributed by atoms with van der Waals surface area (Å²) in [7, 11) is 0. The molecule has 18 N–H and O–H groups in total. The number of carbonyl (C=O) groups is 14. The standard InChI is InChI=1S/C77H100N18O16/c1-42(2)33-58(68(101)86-57(18-11-12-31-80-43(3)4)76(109)95-32-14-19-64(95)74(107)82-44(5)77(110)111)87-69(102)60(35-48-21-26-54(27-22-48)83-45(6)97)88-70(103)61(36-49-23-28-55(29-24-49)84-46(7)98)89-73(106)63(41-96)91-71(104)62(38-51-15-13-30-79-39-51)90-75(108)66(92-67(100)56-40-81-94-65(56)78)93-72(105)59(85-47(8)99)37-50-20-25-52-16-9-10-17-53(52)34-50/h9-10,13,15-17,20-30,34,39-40,42-44,57-64,66,80,96H,11-12,14,18-19,31-33,35-38,41H2,1-8H3,(H,82,107)(H,83,97)(H,84,98)(H,85,99)(H,86,101)(H,87,102)(H,88,103)(H,89,106)(H,90,108)(H,91,104)(H,92,100)(H,93,105)(H,110,111)(H3,78,81,94)/t44-,57+,58+,59-,60-,61+,62-,63+,64+,66-/m1/s1. The van der Waals surface area contributed by atoms with Gasteiger partial charge in [0.25, 0.3) is 11.8 Å². The van der Waals surface area contributed by atoms with Gasteiger partial charge < -0.3 is 90.0 Å². The van der Waals surface area contributed by atoms with Gasteiger partial charge in [-0.2, -0.15) is 5.10 Å². The molecular weight excluding hydrogens is 1430 g/mol. The van der Waals surface area contributed by atoms with Gasteiger partial charge in [0.1, 0.15) is 65.8 Å². The fourth-order valence-electron chi connectivity index (χ4n) is 12.4. The smallest absolute Gasteiger partial charge is 0.325 e. The van der Waals surface area contributed by atoms with E-state index in [0.717, 1.165) is 17.0 Å². The largest absolute Gasteiger partial charge is 0.480 e. The number of anilines is 3. The molecule has 0 bridgehead atoms. The zero-order valence-corrected chi connectivity index (χ0v) is 63.2. The van der Waals surface area contributed by atoms with E-state index in [2.05, 4.69) is 84.3 Å². The number of aromatic amines is 1. The molecule has 3 heterocycles. The van der Waals surface area contributed by atoms with E-state index in [-0.39, 0.29) is 80.7 Å². The van der Waals surface area contributed by atoms with Crippen LogP contribution in [0.4, 0.5) is 17.2 Å². The monoisotopic (exact) mass is 1530 g/mol. The number of aliphatic hydroxyl groups excluding tert-OH is 1. The van der Waals surface area contributed by atoms with Crippen molar-refractivity contribution in [2.45, 2.75) is 186 Å². The van der Waals surface area contributed by atoms with Gasteiger partial charge in [-0.15, -0.1) is 0 Å². The highest BCUT2D eigenvalue weighted by Crippen LogP contribution is 2.23. The zero-order valence-electron chi connectivity index (χ0n) is 63.2. The molecule has 7 rings (SSSR count). The van der Waals surface area contributed by atoms with Crippen LogP contribution in [0.5, 0.6) is 0 Å². The van der Waals surface area contributed by atoms with Gasteiger partial charge in [-0.1, -0.05) is 100 Å². The van der Waals surface area contributed by atoms with Crippen LogP contribution < -0.4 is 74.9 Å². The predicted octanol–water partition coefficient (Wildman–Crippen LogP) is 0.800. The van der Waals surface area contributed by atoms with Crippen molar-refractivity contribution in [1.82, 2.24) is 78.6 Å². The number of hydrogen-bond donors (Lipinski definition) is 17. The molecule has 0 spiro atoms. The van der Waals surface area contributed by atoms with Gasteiger partial charge in [0.2, 0.25) is 65.0 Å². The summed E-state index contributed by atoms with van der Waals surface area (Å²) in [5, 5.41) is 63.0. The molecule has 2 aromatic heterocycles. The Kier molecular flexibility index (Phi) is 32.5. The molecule has 0 saturated carbocycles. The van der Waals surface area contributed by atoms with Gasteiger partial charge in [-0.25, -0.2) is 0 Å². The number of nitrogens with one attached hydrogen (secondary N) is 14. The third-order valence-corrected chi connectivity index (χ3v) is 18.0. The summed E-state index contributed by atoms with van der Waals surface area (Å²) in [6, 6.07) is 15.2. The molecule has 4 aromatic carbocycles. The molecule has 0 radical (unpaired) electrons. The number of carboxylic acids is 1. The molecule has 34 heteroatoms. The maximum atomic E-state index is 15.3. The van der Waals surface area contributed by atoms with Crippen molar-refractivity contribution < 1.29 is 77.3 Å². The van der Waals surface area contributed by atoms with Crippen molar-refractivity contribution in [2.24, 2.45) is 5.92 Å². The number of H-pyrrole nitrogens is 1. The first kappa shape index (κ1) is 86.0. The maximum Gasteiger partial charge on any atom is 0.325 e. The third-order valence-electron chi connectivity index (χ3n) is 18.0. The van der Waals surface area contributed by atoms with E-state index in [0.29, 0.717) is 59.4 Å². The summed E-state index contributed by atoms with van der Waals surface area (Å²) in [6.07, 6.45) is 2.42. The number of carboxylic acid groups (broad SMARTS) is 1. The summed E-state index contributed by atoms with van der Waals surface area (Å²) in [4.78, 5) is 200. The Morgan fingerprint density at radius 1 is 0.532 bits per heavy atom. The fourth-order valence-corrected chi connectivity index (χ4v) is 12.4. The molecule has 1 aliphatic rings. The molecule has 1 fully saturated rings. The van der Waals surface area contributed by atoms with Crippen molar-refractivity contribution in [2.75, 3.05) is 36.1 Å². The number of carbonyl (C=O) groups excluding carboxylic acids is 13. The number of pyridine rings is 1. The fraction of sp³-hybridized carbons (Fsp3) is 0.429. The molecule has 6 aromatic rings. The number of aromatic nitrogens is 3. The highest BCUT2D eigenvalue weighted by molar-refractivity contribution is 6.03. The van der Waals surface area contributed by atoms with Crippen LogP contribution in [0.25, 0.3) is 10.8 Å². The Morgan fingerprint density at radius 2 is 1.05 bits per heavy atom. The Morgan fingerprint density at radius 3 is 1.58 bits per heavy atom. The molecule has 594 valence electrons. The van der Waals surface area contributed by atoms with E-state index in [1.165, 1.54) is 75.3 Å². The molecule has 1 aliphatic heterocycles. The van der Waals surface area contributed by atoms with E-state index >= 15 is 9.59 Å². The quantitative estimate of drug-likeness (QED) is 0.0187. The molecule has 111 heavy (non-hydrogen) atoms. The van der Waals surface area contributed by atoms with Crippen LogP contribution in [0.3, 0.4) is 0 Å². The van der Waals surface area contributed by atoms with Crippen molar-refractivity contribution in [3.8, 4) is 0 Å². The van der Waals surface area contributed by atoms with Crippen LogP contribution in [0.15, 0.2) is 122 Å². The molecule has 34 nitrogen and oxygen atoms in total. The van der Waals surface area contributed by atoms with Crippen molar-refractivity contribution in [1.29, 1.82) is 0 Å². The van der Waals surface area contributed by atoms with Gasteiger partial charge in [-0.3, -0.25) is 77.2 Å². The zero-order chi connectivity index (χ0) is 81.0. The number of rotatable bonds is 40. The van der Waals surface area contributed by atoms with E-state index in [9.17, 15) is 67.7 Å². The number of benzene rings is 4. The number of aliphatic carboxylic acids is 1. The van der Waals surface area contributed by atoms with Crippen molar-refractivity contribution in [3.05, 3.63) is 150 Å². The van der Waals surface area contributed by atoms with Gasteiger partial charge in [0, 0.05) is 82.8 Å². The number of likely N-dealkylation sites (tertiary alicyclic amines) is 1. The lowest BCUT2D eigenvalue weighted by Gasteiger charge is -2.31. The number of aliphatic hydroxyl groups is 1. The molecule has 0 aliphatic carbocycles. The predicted molar refractivity (Wildman–Crippen MR) is 410 cm³/mol.